The number of nitrogens with one attached hydrogen (secondary N) is 1. The van der Waals surface area contributed by atoms with Crippen LogP contribution in [0.3, 0.4) is 0 Å². The van der Waals surface area contributed by atoms with Crippen molar-refractivity contribution in [3.8, 4) is 5.75 Å². The molecule has 28 heavy (non-hydrogen) atoms. The molecule has 1 saturated heterocycles. The quantitative estimate of drug-likeness (QED) is 0.880. The molecule has 1 aliphatic heterocycles. The SMILES string of the molecule is COc1ccc(CC(=O)N2CCCC3(CCc4c3nc(C)[nH]c4=O)C2)cc1F. The van der Waals surface area contributed by atoms with Crippen LogP contribution < -0.4 is 10.3 Å². The zero-order valence-electron chi connectivity index (χ0n) is 16.2. The summed E-state index contributed by atoms with van der Waals surface area (Å²) in [5, 5.41) is 0. The Bertz CT molecular complexity index is 987. The fourth-order valence-electron chi connectivity index (χ4n) is 4.61. The zero-order valence-corrected chi connectivity index (χ0v) is 16.2. The van der Waals surface area contributed by atoms with Gasteiger partial charge in [-0.1, -0.05) is 6.07 Å². The molecule has 6 nitrogen and oxygen atoms in total. The lowest BCUT2D eigenvalue weighted by atomic mass is 9.77. The number of carbonyl (C=O) groups excluding carboxylic acids is 1. The molecule has 0 bridgehead atoms. The van der Waals surface area contributed by atoms with Crippen LogP contribution in [-0.4, -0.2) is 41.0 Å². The van der Waals surface area contributed by atoms with E-state index in [1.165, 1.54) is 13.2 Å². The standard InChI is InChI=1S/C21H24FN3O3/c1-13-23-19-15(20(27)24-13)6-8-21(19)7-3-9-25(12-21)18(26)11-14-4-5-17(28-2)16(22)10-14/h4-5,10H,3,6-9,11-12H2,1-2H3,(H,23,24,27). The van der Waals surface area contributed by atoms with Gasteiger partial charge in [0.05, 0.1) is 19.2 Å². The van der Waals surface area contributed by atoms with Crippen molar-refractivity contribution in [2.24, 2.45) is 0 Å². The number of ether oxygens (including phenoxy) is 1. The van der Waals surface area contributed by atoms with Crippen LogP contribution >= 0.6 is 0 Å². The lowest BCUT2D eigenvalue weighted by molar-refractivity contribution is -0.132. The van der Waals surface area contributed by atoms with Gasteiger partial charge in [0.15, 0.2) is 11.6 Å². The second-order valence-electron chi connectivity index (χ2n) is 7.82. The van der Waals surface area contributed by atoms with Crippen LogP contribution in [0.15, 0.2) is 23.0 Å². The van der Waals surface area contributed by atoms with Crippen LogP contribution in [0.5, 0.6) is 5.75 Å². The van der Waals surface area contributed by atoms with Crippen molar-refractivity contribution >= 4 is 5.91 Å². The Kier molecular flexibility index (Phi) is 4.69. The average molecular weight is 385 g/mol. The maximum atomic E-state index is 13.9. The minimum atomic E-state index is -0.466. The predicted octanol–water partition coefficient (Wildman–Crippen LogP) is 2.28. The van der Waals surface area contributed by atoms with Gasteiger partial charge >= 0.3 is 0 Å². The first-order chi connectivity index (χ1) is 13.4. The van der Waals surface area contributed by atoms with Crippen LogP contribution in [0, 0.1) is 12.7 Å². The van der Waals surface area contributed by atoms with E-state index in [9.17, 15) is 14.0 Å². The van der Waals surface area contributed by atoms with Crippen LogP contribution in [0.25, 0.3) is 0 Å². The molecule has 148 valence electrons. The molecular weight excluding hydrogens is 361 g/mol. The number of aromatic amines is 1. The highest BCUT2D eigenvalue weighted by Gasteiger charge is 2.45. The first kappa shape index (κ1) is 18.7. The Hall–Kier alpha value is -2.70. The van der Waals surface area contributed by atoms with Crippen molar-refractivity contribution in [3.05, 3.63) is 57.0 Å². The molecule has 1 unspecified atom stereocenters. The topological polar surface area (TPSA) is 75.3 Å². The van der Waals surface area contributed by atoms with Crippen molar-refractivity contribution in [2.75, 3.05) is 20.2 Å². The third kappa shape index (κ3) is 3.19. The van der Waals surface area contributed by atoms with Gasteiger partial charge in [0.2, 0.25) is 5.91 Å². The molecule has 0 radical (unpaired) electrons. The van der Waals surface area contributed by atoms with Crippen LogP contribution in [0.4, 0.5) is 4.39 Å². The summed E-state index contributed by atoms with van der Waals surface area (Å²) in [6, 6.07) is 4.61. The molecule has 0 saturated carbocycles. The highest BCUT2D eigenvalue weighted by molar-refractivity contribution is 5.79. The fourth-order valence-corrected chi connectivity index (χ4v) is 4.61. The highest BCUT2D eigenvalue weighted by Crippen LogP contribution is 2.43. The maximum absolute atomic E-state index is 13.9. The Balaban J connectivity index is 1.55. The van der Waals surface area contributed by atoms with Crippen molar-refractivity contribution < 1.29 is 13.9 Å². The normalized spacial score (nSPS) is 21.0. The van der Waals surface area contributed by atoms with Gasteiger partial charge in [0.25, 0.3) is 5.56 Å². The molecule has 1 aliphatic carbocycles. The number of likely N-dealkylation sites (tertiary alicyclic amines) is 1. The van der Waals surface area contributed by atoms with E-state index >= 15 is 0 Å². The Morgan fingerprint density at radius 3 is 2.96 bits per heavy atom. The number of hydrogen-bond donors (Lipinski definition) is 1. The smallest absolute Gasteiger partial charge is 0.254 e. The van der Waals surface area contributed by atoms with Gasteiger partial charge in [0, 0.05) is 24.1 Å². The number of fused-ring (bicyclic) bond motifs is 2. The monoisotopic (exact) mass is 385 g/mol. The highest BCUT2D eigenvalue weighted by atomic mass is 19.1. The molecule has 1 amide bonds. The summed E-state index contributed by atoms with van der Waals surface area (Å²) < 4.78 is 18.9. The van der Waals surface area contributed by atoms with Crippen molar-refractivity contribution in [1.82, 2.24) is 14.9 Å². The number of methoxy groups -OCH3 is 1. The molecular formula is C21H24FN3O3. The first-order valence-corrected chi connectivity index (χ1v) is 9.62. The fraction of sp³-hybridized carbons (Fsp3) is 0.476. The van der Waals surface area contributed by atoms with E-state index in [1.807, 2.05) is 4.90 Å². The van der Waals surface area contributed by atoms with E-state index in [-0.39, 0.29) is 29.1 Å². The lowest BCUT2D eigenvalue weighted by Gasteiger charge is -2.40. The number of aryl methyl sites for hydroxylation is 1. The summed E-state index contributed by atoms with van der Waals surface area (Å²) in [7, 11) is 1.41. The minimum absolute atomic E-state index is 0.0290. The molecule has 2 aliphatic rings. The number of benzene rings is 1. The number of nitrogens with zero attached hydrogens (tertiary/aromatic N) is 2. The second-order valence-corrected chi connectivity index (χ2v) is 7.82. The summed E-state index contributed by atoms with van der Waals surface area (Å²) in [6.07, 6.45) is 3.48. The number of piperidine rings is 1. The van der Waals surface area contributed by atoms with Crippen LogP contribution in [0.2, 0.25) is 0 Å². The largest absolute Gasteiger partial charge is 0.494 e. The summed E-state index contributed by atoms with van der Waals surface area (Å²) in [5.41, 5.74) is 1.95. The zero-order chi connectivity index (χ0) is 19.9. The van der Waals surface area contributed by atoms with E-state index in [2.05, 4.69) is 9.97 Å². The van der Waals surface area contributed by atoms with Crippen molar-refractivity contribution in [1.29, 1.82) is 0 Å². The number of rotatable bonds is 3. The first-order valence-electron chi connectivity index (χ1n) is 9.62. The Morgan fingerprint density at radius 2 is 2.21 bits per heavy atom. The molecule has 1 spiro atoms. The third-order valence-corrected chi connectivity index (χ3v) is 5.99. The number of H-pyrrole nitrogens is 1. The molecule has 4 rings (SSSR count). The van der Waals surface area contributed by atoms with E-state index in [0.717, 1.165) is 30.5 Å². The number of amides is 1. The molecule has 1 fully saturated rings. The van der Waals surface area contributed by atoms with Crippen molar-refractivity contribution in [2.45, 2.75) is 44.4 Å². The Labute approximate surface area is 162 Å². The molecule has 1 aromatic heterocycles. The molecule has 7 heteroatoms. The van der Waals surface area contributed by atoms with E-state index in [0.29, 0.717) is 30.9 Å². The second kappa shape index (κ2) is 7.04. The van der Waals surface area contributed by atoms with Crippen molar-refractivity contribution in [3.63, 3.8) is 0 Å². The van der Waals surface area contributed by atoms with E-state index < -0.39 is 5.82 Å². The molecule has 1 N–H and O–H groups in total. The van der Waals surface area contributed by atoms with Crippen LogP contribution in [0.1, 0.15) is 41.9 Å². The summed E-state index contributed by atoms with van der Waals surface area (Å²) in [5.74, 6) is 0.287. The van der Waals surface area contributed by atoms with Gasteiger partial charge in [0.1, 0.15) is 5.82 Å². The molecule has 1 aromatic carbocycles. The summed E-state index contributed by atoms with van der Waals surface area (Å²) >= 11 is 0. The summed E-state index contributed by atoms with van der Waals surface area (Å²) in [4.78, 5) is 34.4. The maximum Gasteiger partial charge on any atom is 0.254 e. The van der Waals surface area contributed by atoms with Gasteiger partial charge in [-0.05, 0) is 50.3 Å². The van der Waals surface area contributed by atoms with Gasteiger partial charge in [-0.2, -0.15) is 0 Å². The van der Waals surface area contributed by atoms with E-state index in [1.54, 1.807) is 19.1 Å². The van der Waals surface area contributed by atoms with Gasteiger partial charge in [-0.25, -0.2) is 9.37 Å². The van der Waals surface area contributed by atoms with Gasteiger partial charge < -0.3 is 14.6 Å². The minimum Gasteiger partial charge on any atom is -0.494 e. The van der Waals surface area contributed by atoms with E-state index in [4.69, 9.17) is 4.74 Å². The Morgan fingerprint density at radius 1 is 1.39 bits per heavy atom. The number of halogens is 1. The number of carbonyl (C=O) groups is 1. The average Bonchev–Trinajstić information content (AvgIpc) is 3.00. The number of aromatic nitrogens is 2. The molecule has 1 atom stereocenters. The van der Waals surface area contributed by atoms with Gasteiger partial charge in [-0.3, -0.25) is 9.59 Å². The van der Waals surface area contributed by atoms with Crippen LogP contribution in [-0.2, 0) is 23.1 Å². The molecule has 2 heterocycles. The number of hydrogen-bond acceptors (Lipinski definition) is 4. The molecule has 2 aromatic rings. The third-order valence-electron chi connectivity index (χ3n) is 5.99. The summed E-state index contributed by atoms with van der Waals surface area (Å²) in [6.45, 7) is 3.03. The van der Waals surface area contributed by atoms with Gasteiger partial charge in [-0.15, -0.1) is 0 Å². The lowest BCUT2D eigenvalue weighted by Crippen LogP contribution is -2.48. The predicted molar refractivity (Wildman–Crippen MR) is 102 cm³/mol.